The SMILES string of the molecule is C#Cc1ccc(C2CCN(C(=C)c3cc(CN/C(=C\N=C)CCC)c(C4CCC4)cc3C)CC2)cc1. The number of nitrogens with zero attached hydrogens (tertiary/aromatic N) is 2. The van der Waals surface area contributed by atoms with Gasteiger partial charge in [-0.1, -0.05) is 50.5 Å². The average Bonchev–Trinajstić information content (AvgIpc) is 2.87. The van der Waals surface area contributed by atoms with E-state index in [1.807, 2.05) is 6.20 Å². The van der Waals surface area contributed by atoms with E-state index in [2.05, 4.69) is 84.7 Å². The first-order valence-corrected chi connectivity index (χ1v) is 13.6. The van der Waals surface area contributed by atoms with Gasteiger partial charge in [-0.2, -0.15) is 0 Å². The third kappa shape index (κ3) is 5.93. The van der Waals surface area contributed by atoms with Crippen LogP contribution in [0.4, 0.5) is 0 Å². The van der Waals surface area contributed by atoms with Crippen molar-refractivity contribution in [3.63, 3.8) is 0 Å². The van der Waals surface area contributed by atoms with Crippen molar-refractivity contribution in [3.05, 3.63) is 88.3 Å². The van der Waals surface area contributed by atoms with Gasteiger partial charge in [0.2, 0.25) is 0 Å². The van der Waals surface area contributed by atoms with Crippen molar-refractivity contribution in [3.8, 4) is 12.3 Å². The number of piperidine rings is 1. The lowest BCUT2D eigenvalue weighted by atomic mass is 9.77. The Morgan fingerprint density at radius 2 is 1.86 bits per heavy atom. The van der Waals surface area contributed by atoms with E-state index in [0.29, 0.717) is 11.8 Å². The summed E-state index contributed by atoms with van der Waals surface area (Å²) in [4.78, 5) is 6.49. The van der Waals surface area contributed by atoms with E-state index in [0.717, 1.165) is 62.3 Å². The third-order valence-corrected chi connectivity index (χ3v) is 8.04. The highest BCUT2D eigenvalue weighted by molar-refractivity contribution is 5.67. The van der Waals surface area contributed by atoms with Gasteiger partial charge in [0.15, 0.2) is 0 Å². The maximum absolute atomic E-state index is 5.53. The van der Waals surface area contributed by atoms with Crippen molar-refractivity contribution < 1.29 is 0 Å². The van der Waals surface area contributed by atoms with Crippen LogP contribution in [0.1, 0.15) is 97.1 Å². The van der Waals surface area contributed by atoms with Crippen LogP contribution in [-0.4, -0.2) is 24.7 Å². The van der Waals surface area contributed by atoms with Gasteiger partial charge in [0.25, 0.3) is 0 Å². The van der Waals surface area contributed by atoms with Crippen molar-refractivity contribution in [2.75, 3.05) is 13.1 Å². The number of aliphatic imine (C=N–C) groups is 1. The summed E-state index contributed by atoms with van der Waals surface area (Å²) in [6, 6.07) is 13.4. The van der Waals surface area contributed by atoms with E-state index in [1.165, 1.54) is 47.1 Å². The van der Waals surface area contributed by atoms with E-state index in [1.54, 1.807) is 0 Å². The Morgan fingerprint density at radius 3 is 2.44 bits per heavy atom. The Bertz CT molecular complexity index is 1140. The van der Waals surface area contributed by atoms with Gasteiger partial charge < -0.3 is 10.2 Å². The van der Waals surface area contributed by atoms with Crippen LogP contribution in [0.3, 0.4) is 0 Å². The summed E-state index contributed by atoms with van der Waals surface area (Å²) < 4.78 is 0. The summed E-state index contributed by atoms with van der Waals surface area (Å²) >= 11 is 0. The molecule has 2 fully saturated rings. The van der Waals surface area contributed by atoms with Crippen molar-refractivity contribution in [2.24, 2.45) is 4.99 Å². The minimum absolute atomic E-state index is 0.588. The molecule has 36 heavy (non-hydrogen) atoms. The predicted octanol–water partition coefficient (Wildman–Crippen LogP) is 7.53. The maximum Gasteiger partial charge on any atom is 0.0450 e. The van der Waals surface area contributed by atoms with E-state index in [-0.39, 0.29) is 0 Å². The third-order valence-electron chi connectivity index (χ3n) is 8.04. The lowest BCUT2D eigenvalue weighted by molar-refractivity contribution is 0.299. The molecule has 0 radical (unpaired) electrons. The van der Waals surface area contributed by atoms with Crippen LogP contribution in [0.5, 0.6) is 0 Å². The van der Waals surface area contributed by atoms with Crippen LogP contribution in [0.25, 0.3) is 5.70 Å². The molecule has 0 bridgehead atoms. The molecular weight excluding hydrogens is 438 g/mol. The molecule has 3 heteroatoms. The summed E-state index contributed by atoms with van der Waals surface area (Å²) in [7, 11) is 0. The van der Waals surface area contributed by atoms with Crippen molar-refractivity contribution in [1.82, 2.24) is 10.2 Å². The van der Waals surface area contributed by atoms with E-state index < -0.39 is 0 Å². The average molecular weight is 480 g/mol. The van der Waals surface area contributed by atoms with Crippen LogP contribution in [0, 0.1) is 19.3 Å². The molecule has 1 saturated heterocycles. The molecule has 2 aromatic rings. The molecule has 0 atom stereocenters. The second kappa shape index (κ2) is 12.1. The molecule has 1 aliphatic heterocycles. The van der Waals surface area contributed by atoms with Gasteiger partial charge in [-0.3, -0.25) is 4.99 Å². The number of benzene rings is 2. The summed E-state index contributed by atoms with van der Waals surface area (Å²) in [5.41, 5.74) is 10.2. The lowest BCUT2D eigenvalue weighted by Gasteiger charge is -2.36. The van der Waals surface area contributed by atoms with Crippen molar-refractivity contribution in [1.29, 1.82) is 0 Å². The van der Waals surface area contributed by atoms with Gasteiger partial charge in [0.1, 0.15) is 0 Å². The Kier molecular flexibility index (Phi) is 8.70. The fourth-order valence-corrected chi connectivity index (χ4v) is 5.63. The van der Waals surface area contributed by atoms with Crippen LogP contribution < -0.4 is 5.32 Å². The zero-order valence-electron chi connectivity index (χ0n) is 22.2. The lowest BCUT2D eigenvalue weighted by Crippen LogP contribution is -2.31. The fraction of sp³-hybridized carbons (Fsp3) is 0.424. The molecule has 1 saturated carbocycles. The quantitative estimate of drug-likeness (QED) is 0.282. The molecule has 0 amide bonds. The van der Waals surface area contributed by atoms with Crippen LogP contribution >= 0.6 is 0 Å². The summed E-state index contributed by atoms with van der Waals surface area (Å²) in [6.07, 6.45) is 15.7. The highest BCUT2D eigenvalue weighted by atomic mass is 15.1. The first-order valence-electron chi connectivity index (χ1n) is 13.6. The molecule has 188 valence electrons. The minimum atomic E-state index is 0.588. The van der Waals surface area contributed by atoms with Gasteiger partial charge in [0, 0.05) is 48.4 Å². The molecule has 0 aromatic heterocycles. The molecule has 1 aliphatic carbocycles. The molecule has 2 aromatic carbocycles. The van der Waals surface area contributed by atoms with Crippen LogP contribution in [0.2, 0.25) is 0 Å². The molecule has 1 heterocycles. The van der Waals surface area contributed by atoms with E-state index in [4.69, 9.17) is 6.42 Å². The zero-order valence-corrected chi connectivity index (χ0v) is 22.2. The minimum Gasteiger partial charge on any atom is -0.383 e. The maximum atomic E-state index is 5.53. The van der Waals surface area contributed by atoms with Gasteiger partial charge in [-0.25, -0.2) is 0 Å². The topological polar surface area (TPSA) is 27.6 Å². The highest BCUT2D eigenvalue weighted by Crippen LogP contribution is 2.40. The van der Waals surface area contributed by atoms with Crippen molar-refractivity contribution in [2.45, 2.75) is 77.2 Å². The molecule has 2 aliphatic rings. The first kappa shape index (κ1) is 25.8. The molecular formula is C33H41N3. The molecule has 0 spiro atoms. The summed E-state index contributed by atoms with van der Waals surface area (Å²) in [5.74, 6) is 4.00. The molecule has 1 N–H and O–H groups in total. The molecule has 4 rings (SSSR count). The molecule has 0 unspecified atom stereocenters. The normalized spacial score (nSPS) is 16.8. The highest BCUT2D eigenvalue weighted by Gasteiger charge is 2.26. The first-order chi connectivity index (χ1) is 17.5. The monoisotopic (exact) mass is 479 g/mol. The summed E-state index contributed by atoms with van der Waals surface area (Å²) in [6.45, 7) is 15.6. The van der Waals surface area contributed by atoms with Gasteiger partial charge in [-0.05, 0) is 98.0 Å². The standard InChI is InChI=1S/C33H41N3/c1-6-9-31(23-34-5)35-22-30-21-32(24(3)20-33(30)29-10-8-11-29)25(4)36-18-16-28(17-19-36)27-14-12-26(7-2)13-15-27/h2,12-15,20-21,23,28-29,35H,4-6,8-11,16-19,22H2,1,3H3/b31-23-. The number of nitrogens with one attached hydrogen (secondary N) is 1. The second-order valence-electron chi connectivity index (χ2n) is 10.4. The number of hydrogen-bond donors (Lipinski definition) is 1. The van der Waals surface area contributed by atoms with Gasteiger partial charge >= 0.3 is 0 Å². The van der Waals surface area contributed by atoms with Crippen molar-refractivity contribution >= 4 is 12.4 Å². The smallest absolute Gasteiger partial charge is 0.0450 e. The van der Waals surface area contributed by atoms with Crippen LogP contribution in [-0.2, 0) is 6.54 Å². The predicted molar refractivity (Wildman–Crippen MR) is 154 cm³/mol. The summed E-state index contributed by atoms with van der Waals surface area (Å²) in [5, 5.41) is 3.65. The van der Waals surface area contributed by atoms with Gasteiger partial charge in [0.05, 0.1) is 0 Å². The van der Waals surface area contributed by atoms with E-state index in [9.17, 15) is 0 Å². The fourth-order valence-electron chi connectivity index (χ4n) is 5.63. The number of rotatable bonds is 10. The Morgan fingerprint density at radius 1 is 1.14 bits per heavy atom. The second-order valence-corrected chi connectivity index (χ2v) is 10.4. The number of terminal acetylenes is 1. The zero-order chi connectivity index (χ0) is 25.5. The Labute approximate surface area is 218 Å². The van der Waals surface area contributed by atoms with Crippen LogP contribution in [0.15, 0.2) is 59.9 Å². The number of allylic oxidation sites excluding steroid dienone is 1. The number of hydrogen-bond acceptors (Lipinski definition) is 3. The van der Waals surface area contributed by atoms with E-state index >= 15 is 0 Å². The number of likely N-dealkylation sites (tertiary alicyclic amines) is 1. The van der Waals surface area contributed by atoms with Gasteiger partial charge in [-0.15, -0.1) is 6.42 Å². The Balaban J connectivity index is 1.49. The number of aryl methyl sites for hydroxylation is 1. The largest absolute Gasteiger partial charge is 0.383 e. The Hall–Kier alpha value is -3.25. The molecule has 3 nitrogen and oxygen atoms in total.